The molecule has 0 spiro atoms. The quantitative estimate of drug-likeness (QED) is 0.110. The van der Waals surface area contributed by atoms with Crippen molar-refractivity contribution in [3.05, 3.63) is 62.8 Å². The van der Waals surface area contributed by atoms with Crippen LogP contribution in [0.1, 0.15) is 38.3 Å². The summed E-state index contributed by atoms with van der Waals surface area (Å²) in [4.78, 5) is 45.8. The number of amides is 2. The number of nitrogens with one attached hydrogen (secondary N) is 3. The summed E-state index contributed by atoms with van der Waals surface area (Å²) in [5.41, 5.74) is 2.76. The lowest BCUT2D eigenvalue weighted by molar-refractivity contribution is -0.109. The summed E-state index contributed by atoms with van der Waals surface area (Å²) < 4.78 is 0. The standard InChI is InChI=1S/C27H26Cl2N8O4/c28-21-7-17-11-36(26(41)15-1-2-16-9-33-35-22(16)8-15)6-4-20(17)24(29)23(21)25(40)34-18(13-38)10-31-27(32-14-30)37-5-3-19(39)12-37/h1-2,7-9,13,18-19,39H,3-6,10-12H2,(H,31,32)(H,33,35)(H,34,40)/t18-,19-/m0/s1. The lowest BCUT2D eigenvalue weighted by Crippen LogP contribution is -2.42. The van der Waals surface area contributed by atoms with Crippen molar-refractivity contribution in [1.82, 2.24) is 30.6 Å². The SMILES string of the molecule is N#CNC(=NC[C@@H](C=O)NC(=O)c1c(Cl)cc2c(c1Cl)CCN(C(=O)c1ccc3cn[nH]c3c1)C2)N1CC[C@H](O)C1. The first-order valence-corrected chi connectivity index (χ1v) is 13.7. The van der Waals surface area contributed by atoms with Crippen LogP contribution in [0.5, 0.6) is 0 Å². The summed E-state index contributed by atoms with van der Waals surface area (Å²) in [7, 11) is 0. The highest BCUT2D eigenvalue weighted by Gasteiger charge is 2.29. The van der Waals surface area contributed by atoms with Gasteiger partial charge in [-0.15, -0.1) is 0 Å². The summed E-state index contributed by atoms with van der Waals surface area (Å²) in [6.45, 7) is 1.31. The van der Waals surface area contributed by atoms with Crippen molar-refractivity contribution >= 4 is 58.2 Å². The van der Waals surface area contributed by atoms with Gasteiger partial charge < -0.3 is 25.0 Å². The second kappa shape index (κ2) is 12.1. The Balaban J connectivity index is 1.29. The van der Waals surface area contributed by atoms with Crippen molar-refractivity contribution in [3.8, 4) is 6.19 Å². The molecule has 4 N–H and O–H groups in total. The molecule has 3 heterocycles. The van der Waals surface area contributed by atoms with Crippen molar-refractivity contribution in [2.45, 2.75) is 31.5 Å². The van der Waals surface area contributed by atoms with E-state index in [9.17, 15) is 19.5 Å². The molecular weight excluding hydrogens is 571 g/mol. The number of aromatic amines is 1. The summed E-state index contributed by atoms with van der Waals surface area (Å²) in [6.07, 6.45) is 4.42. The molecular formula is C27H26Cl2N8O4. The van der Waals surface area contributed by atoms with E-state index < -0.39 is 18.1 Å². The van der Waals surface area contributed by atoms with Gasteiger partial charge in [-0.05, 0) is 42.2 Å². The first-order chi connectivity index (χ1) is 19.8. The van der Waals surface area contributed by atoms with Crippen molar-refractivity contribution < 1.29 is 19.5 Å². The molecule has 212 valence electrons. The minimum absolute atomic E-state index is 0.0328. The number of benzene rings is 2. The van der Waals surface area contributed by atoms with Crippen LogP contribution in [0.3, 0.4) is 0 Å². The van der Waals surface area contributed by atoms with Crippen molar-refractivity contribution in [2.24, 2.45) is 4.99 Å². The topological polar surface area (TPSA) is 167 Å². The number of nitriles is 1. The third-order valence-electron chi connectivity index (χ3n) is 7.16. The zero-order valence-corrected chi connectivity index (χ0v) is 23.2. The third-order valence-corrected chi connectivity index (χ3v) is 7.87. The third kappa shape index (κ3) is 5.97. The number of rotatable bonds is 6. The number of fused-ring (bicyclic) bond motifs is 2. The number of aldehydes is 1. The van der Waals surface area contributed by atoms with E-state index in [1.165, 1.54) is 0 Å². The van der Waals surface area contributed by atoms with Gasteiger partial charge >= 0.3 is 0 Å². The monoisotopic (exact) mass is 596 g/mol. The van der Waals surface area contributed by atoms with E-state index in [0.717, 1.165) is 16.5 Å². The van der Waals surface area contributed by atoms with Crippen LogP contribution >= 0.6 is 23.2 Å². The zero-order chi connectivity index (χ0) is 29.1. The van der Waals surface area contributed by atoms with Crippen LogP contribution in [-0.2, 0) is 17.8 Å². The molecule has 2 amide bonds. The number of aromatic nitrogens is 2. The predicted molar refractivity (Wildman–Crippen MR) is 152 cm³/mol. The average Bonchev–Trinajstić information content (AvgIpc) is 3.62. The van der Waals surface area contributed by atoms with Gasteiger partial charge in [0.15, 0.2) is 6.19 Å². The smallest absolute Gasteiger partial charge is 0.254 e. The second-order valence-corrected chi connectivity index (χ2v) is 10.6. The van der Waals surface area contributed by atoms with E-state index in [-0.39, 0.29) is 40.6 Å². The lowest BCUT2D eigenvalue weighted by Gasteiger charge is -2.30. The summed E-state index contributed by atoms with van der Waals surface area (Å²) >= 11 is 13.2. The number of nitrogens with zero attached hydrogens (tertiary/aromatic N) is 5. The van der Waals surface area contributed by atoms with E-state index in [4.69, 9.17) is 28.5 Å². The van der Waals surface area contributed by atoms with Crippen LogP contribution in [0.25, 0.3) is 10.9 Å². The van der Waals surface area contributed by atoms with Gasteiger partial charge in [0.25, 0.3) is 11.8 Å². The Bertz CT molecular complexity index is 1580. The van der Waals surface area contributed by atoms with Crippen LogP contribution in [0.4, 0.5) is 0 Å². The molecule has 5 rings (SSSR count). The van der Waals surface area contributed by atoms with Crippen molar-refractivity contribution in [1.29, 1.82) is 5.26 Å². The van der Waals surface area contributed by atoms with Gasteiger partial charge in [0.05, 0.1) is 40.0 Å². The molecule has 1 saturated heterocycles. The van der Waals surface area contributed by atoms with E-state index in [1.807, 2.05) is 6.07 Å². The number of aliphatic hydroxyl groups is 1. The maximum atomic E-state index is 13.2. The van der Waals surface area contributed by atoms with Gasteiger partial charge in [-0.25, -0.2) is 4.99 Å². The van der Waals surface area contributed by atoms with Gasteiger partial charge in [-0.1, -0.05) is 29.3 Å². The number of hydrogen-bond acceptors (Lipinski definition) is 7. The highest BCUT2D eigenvalue weighted by Crippen LogP contribution is 2.35. The molecule has 0 bridgehead atoms. The number of β-amino-alcohol motifs (C(OH)–C–C–N with tert-alkyl or cyclic N) is 1. The highest BCUT2D eigenvalue weighted by atomic mass is 35.5. The molecule has 0 unspecified atom stereocenters. The summed E-state index contributed by atoms with van der Waals surface area (Å²) in [6, 6.07) is 5.95. The summed E-state index contributed by atoms with van der Waals surface area (Å²) in [5.74, 6) is -0.587. The number of hydrogen-bond donors (Lipinski definition) is 4. The van der Waals surface area contributed by atoms with Crippen LogP contribution < -0.4 is 10.6 Å². The van der Waals surface area contributed by atoms with Crippen LogP contribution in [0.15, 0.2) is 35.5 Å². The minimum atomic E-state index is -1.02. The van der Waals surface area contributed by atoms with Crippen LogP contribution in [0.2, 0.25) is 10.0 Å². The molecule has 2 aromatic carbocycles. The molecule has 2 atom stereocenters. The first-order valence-electron chi connectivity index (χ1n) is 12.9. The second-order valence-electron chi connectivity index (χ2n) is 9.84. The number of likely N-dealkylation sites (tertiary alicyclic amines) is 1. The van der Waals surface area contributed by atoms with Crippen LogP contribution in [-0.4, -0.2) is 87.5 Å². The lowest BCUT2D eigenvalue weighted by atomic mass is 9.96. The first kappa shape index (κ1) is 28.4. The molecule has 0 radical (unpaired) electrons. The fourth-order valence-electron chi connectivity index (χ4n) is 5.04. The average molecular weight is 597 g/mol. The number of carbonyl (C=O) groups excluding carboxylic acids is 3. The molecule has 12 nitrogen and oxygen atoms in total. The fraction of sp³-hybridized carbons (Fsp3) is 0.333. The number of aliphatic imine (C=N–C) groups is 1. The van der Waals surface area contributed by atoms with Crippen molar-refractivity contribution in [3.63, 3.8) is 0 Å². The minimum Gasteiger partial charge on any atom is -0.391 e. The number of carbonyl (C=O) groups is 3. The van der Waals surface area contributed by atoms with E-state index in [0.29, 0.717) is 49.9 Å². The molecule has 3 aromatic rings. The van der Waals surface area contributed by atoms with E-state index in [2.05, 4.69) is 25.8 Å². The molecule has 41 heavy (non-hydrogen) atoms. The molecule has 0 aliphatic carbocycles. The van der Waals surface area contributed by atoms with Gasteiger partial charge in [-0.3, -0.25) is 20.0 Å². The van der Waals surface area contributed by atoms with Gasteiger partial charge in [0, 0.05) is 37.1 Å². The molecule has 14 heteroatoms. The van der Waals surface area contributed by atoms with Gasteiger partial charge in [0.1, 0.15) is 12.3 Å². The molecule has 2 aliphatic rings. The Morgan fingerprint density at radius 3 is 2.85 bits per heavy atom. The largest absolute Gasteiger partial charge is 0.391 e. The molecule has 1 aromatic heterocycles. The number of halogens is 2. The predicted octanol–water partition coefficient (Wildman–Crippen LogP) is 1.86. The number of aliphatic hydroxyl groups excluding tert-OH is 1. The number of guanidine groups is 1. The Kier molecular flexibility index (Phi) is 8.39. The van der Waals surface area contributed by atoms with Gasteiger partial charge in [-0.2, -0.15) is 10.4 Å². The van der Waals surface area contributed by atoms with Gasteiger partial charge in [0.2, 0.25) is 5.96 Å². The van der Waals surface area contributed by atoms with E-state index in [1.54, 1.807) is 40.4 Å². The molecule has 1 fully saturated rings. The van der Waals surface area contributed by atoms with Crippen molar-refractivity contribution in [2.75, 3.05) is 26.2 Å². The normalized spacial score (nSPS) is 17.6. The molecule has 0 saturated carbocycles. The zero-order valence-electron chi connectivity index (χ0n) is 21.7. The number of H-pyrrole nitrogens is 1. The Hall–Kier alpha value is -4.18. The Morgan fingerprint density at radius 1 is 1.29 bits per heavy atom. The molecule has 2 aliphatic heterocycles. The fourth-order valence-corrected chi connectivity index (χ4v) is 5.80. The highest BCUT2D eigenvalue weighted by molar-refractivity contribution is 6.40. The maximum Gasteiger partial charge on any atom is 0.254 e. The Labute approximate surface area is 244 Å². The Morgan fingerprint density at radius 2 is 2.12 bits per heavy atom. The summed E-state index contributed by atoms with van der Waals surface area (Å²) in [5, 5.41) is 31.9. The van der Waals surface area contributed by atoms with Crippen LogP contribution in [0, 0.1) is 11.5 Å². The maximum absolute atomic E-state index is 13.2. The van der Waals surface area contributed by atoms with E-state index >= 15 is 0 Å².